The summed E-state index contributed by atoms with van der Waals surface area (Å²) >= 11 is 0. The second-order valence-corrected chi connectivity index (χ2v) is 6.48. The molecule has 0 spiro atoms. The highest BCUT2D eigenvalue weighted by atomic mass is 16.4. The van der Waals surface area contributed by atoms with Crippen LogP contribution in [0, 0.1) is 0 Å². The fourth-order valence-corrected chi connectivity index (χ4v) is 2.33. The van der Waals surface area contributed by atoms with Crippen molar-refractivity contribution < 1.29 is 39.3 Å². The molecular formula is C18H24N4O8. The molecule has 0 heterocycles. The molecule has 30 heavy (non-hydrogen) atoms. The first-order valence-electron chi connectivity index (χ1n) is 8.85. The Kier molecular flexibility index (Phi) is 9.23. The second kappa shape index (κ2) is 11.4. The summed E-state index contributed by atoms with van der Waals surface area (Å²) in [6.45, 7) is 0.657. The molecule has 0 aliphatic rings. The number of aromatic hydroxyl groups is 1. The molecule has 0 saturated carbocycles. The lowest BCUT2D eigenvalue weighted by Gasteiger charge is -2.22. The predicted octanol–water partition coefficient (Wildman–Crippen LogP) is -2.07. The van der Waals surface area contributed by atoms with E-state index in [2.05, 4.69) is 16.0 Å². The van der Waals surface area contributed by atoms with Crippen molar-refractivity contribution in [3.05, 3.63) is 29.8 Å². The molecule has 1 rings (SSSR count). The van der Waals surface area contributed by atoms with Crippen molar-refractivity contribution in [1.82, 2.24) is 16.0 Å². The molecule has 0 aliphatic heterocycles. The van der Waals surface area contributed by atoms with E-state index >= 15 is 0 Å². The Bertz CT molecular complexity index is 796. The third kappa shape index (κ3) is 8.56. The average Bonchev–Trinajstić information content (AvgIpc) is 2.66. The van der Waals surface area contributed by atoms with Gasteiger partial charge in [0.25, 0.3) is 0 Å². The molecule has 0 saturated heterocycles. The molecule has 3 unspecified atom stereocenters. The number of carbonyl (C=O) groups excluding carboxylic acids is 3. The quantitative estimate of drug-likeness (QED) is 0.208. The van der Waals surface area contributed by atoms with Gasteiger partial charge in [-0.2, -0.15) is 0 Å². The summed E-state index contributed by atoms with van der Waals surface area (Å²) in [6.07, 6.45) is -0.641. The molecule has 12 nitrogen and oxygen atoms in total. The number of phenols is 1. The molecule has 0 bridgehead atoms. The first-order valence-corrected chi connectivity index (χ1v) is 8.85. The van der Waals surface area contributed by atoms with E-state index in [4.69, 9.17) is 15.9 Å². The number of hydrogen-bond acceptors (Lipinski definition) is 7. The monoisotopic (exact) mass is 424 g/mol. The van der Waals surface area contributed by atoms with E-state index in [0.717, 1.165) is 0 Å². The SMILES string of the molecule is CC(NC(=O)C(N)CC(=O)O)C(=O)NC(Cc1ccc(O)cc1)C(=O)NCC(=O)O. The van der Waals surface area contributed by atoms with Gasteiger partial charge in [-0.15, -0.1) is 0 Å². The zero-order valence-corrected chi connectivity index (χ0v) is 16.1. The molecule has 12 heteroatoms. The van der Waals surface area contributed by atoms with Gasteiger partial charge < -0.3 is 37.0 Å². The van der Waals surface area contributed by atoms with Crippen molar-refractivity contribution >= 4 is 29.7 Å². The maximum Gasteiger partial charge on any atom is 0.322 e. The summed E-state index contributed by atoms with van der Waals surface area (Å²) in [5.74, 6) is -4.93. The maximum atomic E-state index is 12.4. The van der Waals surface area contributed by atoms with Gasteiger partial charge >= 0.3 is 11.9 Å². The molecule has 164 valence electrons. The van der Waals surface area contributed by atoms with Gasteiger partial charge in [0.15, 0.2) is 0 Å². The van der Waals surface area contributed by atoms with Crippen LogP contribution >= 0.6 is 0 Å². The zero-order valence-electron chi connectivity index (χ0n) is 16.1. The summed E-state index contributed by atoms with van der Waals surface area (Å²) in [5, 5.41) is 33.6. The minimum atomic E-state index is -1.36. The molecule has 0 aromatic heterocycles. The van der Waals surface area contributed by atoms with Crippen LogP contribution in [0.3, 0.4) is 0 Å². The fourth-order valence-electron chi connectivity index (χ4n) is 2.33. The number of aliphatic carboxylic acids is 2. The number of nitrogens with two attached hydrogens (primary N) is 1. The van der Waals surface area contributed by atoms with E-state index in [1.165, 1.54) is 31.2 Å². The molecule has 3 amide bonds. The first kappa shape index (κ1) is 24.4. The molecule has 8 N–H and O–H groups in total. The number of nitrogens with one attached hydrogen (secondary N) is 3. The van der Waals surface area contributed by atoms with Crippen LogP contribution in [0.4, 0.5) is 0 Å². The summed E-state index contributed by atoms with van der Waals surface area (Å²) in [4.78, 5) is 57.9. The van der Waals surface area contributed by atoms with Crippen LogP contribution in [-0.2, 0) is 30.4 Å². The lowest BCUT2D eigenvalue weighted by atomic mass is 10.0. The smallest absolute Gasteiger partial charge is 0.322 e. The van der Waals surface area contributed by atoms with Gasteiger partial charge in [-0.05, 0) is 24.6 Å². The Balaban J connectivity index is 2.82. The number of carboxylic acids is 2. The van der Waals surface area contributed by atoms with E-state index in [9.17, 15) is 29.1 Å². The Hall–Kier alpha value is -3.67. The van der Waals surface area contributed by atoms with Crippen molar-refractivity contribution in [1.29, 1.82) is 0 Å². The van der Waals surface area contributed by atoms with E-state index in [1.807, 2.05) is 0 Å². The minimum absolute atomic E-state index is 0.00342. The van der Waals surface area contributed by atoms with Crippen molar-refractivity contribution in [3.8, 4) is 5.75 Å². The number of amides is 3. The molecule has 0 fully saturated rings. The molecule has 1 aromatic rings. The highest BCUT2D eigenvalue weighted by molar-refractivity contribution is 5.94. The van der Waals surface area contributed by atoms with Crippen LogP contribution in [0.5, 0.6) is 5.75 Å². The van der Waals surface area contributed by atoms with Crippen molar-refractivity contribution in [2.45, 2.75) is 37.9 Å². The second-order valence-electron chi connectivity index (χ2n) is 6.48. The van der Waals surface area contributed by atoms with E-state index in [1.54, 1.807) is 0 Å². The first-order chi connectivity index (χ1) is 14.0. The Morgan fingerprint density at radius 2 is 1.53 bits per heavy atom. The van der Waals surface area contributed by atoms with Crippen molar-refractivity contribution in [2.24, 2.45) is 5.73 Å². The van der Waals surface area contributed by atoms with E-state index in [-0.39, 0.29) is 12.2 Å². The van der Waals surface area contributed by atoms with Crippen LogP contribution in [0.25, 0.3) is 0 Å². The molecule has 1 aromatic carbocycles. The van der Waals surface area contributed by atoms with Crippen molar-refractivity contribution in [3.63, 3.8) is 0 Å². The number of hydrogen-bond donors (Lipinski definition) is 7. The van der Waals surface area contributed by atoms with E-state index < -0.39 is 60.8 Å². The number of phenolic OH excluding ortho intramolecular Hbond substituents is 1. The highest BCUT2D eigenvalue weighted by Gasteiger charge is 2.26. The summed E-state index contributed by atoms with van der Waals surface area (Å²) in [6, 6.07) is 2.14. The molecule has 0 radical (unpaired) electrons. The molecular weight excluding hydrogens is 400 g/mol. The van der Waals surface area contributed by atoms with Crippen molar-refractivity contribution in [2.75, 3.05) is 6.54 Å². The minimum Gasteiger partial charge on any atom is -0.508 e. The third-order valence-corrected chi connectivity index (χ3v) is 3.91. The van der Waals surface area contributed by atoms with Crippen LogP contribution in [0.1, 0.15) is 18.9 Å². The highest BCUT2D eigenvalue weighted by Crippen LogP contribution is 2.11. The summed E-state index contributed by atoms with van der Waals surface area (Å²) < 4.78 is 0. The lowest BCUT2D eigenvalue weighted by Crippen LogP contribution is -2.55. The standard InChI is InChI=1S/C18H24N4O8/c1-9(21-17(29)12(19)7-14(24)25)16(28)22-13(18(30)20-8-15(26)27)6-10-2-4-11(23)5-3-10/h2-5,9,12-13,23H,6-8,19H2,1H3,(H,20,30)(H,21,29)(H,22,28)(H,24,25)(H,26,27). The molecule has 0 aliphatic carbocycles. The van der Waals surface area contributed by atoms with Gasteiger partial charge in [0.1, 0.15) is 24.4 Å². The molecule has 3 atom stereocenters. The van der Waals surface area contributed by atoms with Gasteiger partial charge in [0.05, 0.1) is 12.5 Å². The predicted molar refractivity (Wildman–Crippen MR) is 102 cm³/mol. The van der Waals surface area contributed by atoms with Crippen LogP contribution in [0.2, 0.25) is 0 Å². The van der Waals surface area contributed by atoms with Gasteiger partial charge in [0.2, 0.25) is 17.7 Å². The third-order valence-electron chi connectivity index (χ3n) is 3.91. The summed E-state index contributed by atoms with van der Waals surface area (Å²) in [7, 11) is 0. The van der Waals surface area contributed by atoms with Gasteiger partial charge in [-0.1, -0.05) is 12.1 Å². The van der Waals surface area contributed by atoms with Gasteiger partial charge in [-0.3, -0.25) is 24.0 Å². The Morgan fingerprint density at radius 1 is 0.933 bits per heavy atom. The van der Waals surface area contributed by atoms with Gasteiger partial charge in [-0.25, -0.2) is 0 Å². The van der Waals surface area contributed by atoms with Gasteiger partial charge in [0, 0.05) is 6.42 Å². The maximum absolute atomic E-state index is 12.4. The number of rotatable bonds is 11. The largest absolute Gasteiger partial charge is 0.508 e. The number of benzene rings is 1. The van der Waals surface area contributed by atoms with Crippen LogP contribution in [-0.4, -0.2) is 69.7 Å². The zero-order chi connectivity index (χ0) is 22.8. The topological polar surface area (TPSA) is 208 Å². The average molecular weight is 424 g/mol. The Morgan fingerprint density at radius 3 is 2.07 bits per heavy atom. The van der Waals surface area contributed by atoms with Crippen LogP contribution in [0.15, 0.2) is 24.3 Å². The normalized spacial score (nSPS) is 13.4. The van der Waals surface area contributed by atoms with Crippen LogP contribution < -0.4 is 21.7 Å². The fraction of sp³-hybridized carbons (Fsp3) is 0.389. The van der Waals surface area contributed by atoms with E-state index in [0.29, 0.717) is 5.56 Å². The number of carbonyl (C=O) groups is 5. The summed E-state index contributed by atoms with van der Waals surface area (Å²) in [5.41, 5.74) is 6.01. The Labute approximate surface area is 171 Å². The lowest BCUT2D eigenvalue weighted by molar-refractivity contribution is -0.139. The number of carboxylic acid groups (broad SMARTS) is 2.